The number of aromatic nitrogens is 2. The molecule has 0 aliphatic heterocycles. The molecule has 1 aliphatic rings. The van der Waals surface area contributed by atoms with Gasteiger partial charge in [-0.2, -0.15) is 11.8 Å². The van der Waals surface area contributed by atoms with Crippen LogP contribution in [-0.4, -0.2) is 28.3 Å². The van der Waals surface area contributed by atoms with Crippen molar-refractivity contribution in [1.82, 2.24) is 9.97 Å². The molecule has 5 nitrogen and oxygen atoms in total. The minimum Gasteiger partial charge on any atom is -0.465 e. The lowest BCUT2D eigenvalue weighted by atomic mass is 10.2. The average molecular weight is 281 g/mol. The second-order valence-electron chi connectivity index (χ2n) is 4.69. The lowest BCUT2D eigenvalue weighted by Crippen LogP contribution is -2.13. The normalized spacial score (nSPS) is 15.7. The summed E-state index contributed by atoms with van der Waals surface area (Å²) in [6, 6.07) is 0. The molecule has 1 heterocycles. The van der Waals surface area contributed by atoms with Gasteiger partial charge in [-0.15, -0.1) is 0 Å². The number of rotatable bonds is 4. The molecule has 1 saturated carbocycles. The maximum absolute atomic E-state index is 11.5. The van der Waals surface area contributed by atoms with Crippen LogP contribution in [-0.2, 0) is 10.5 Å². The molecule has 19 heavy (non-hydrogen) atoms. The highest BCUT2D eigenvalue weighted by Crippen LogP contribution is 2.31. The summed E-state index contributed by atoms with van der Waals surface area (Å²) >= 11 is 1.88. The van der Waals surface area contributed by atoms with Crippen LogP contribution in [0.25, 0.3) is 0 Å². The summed E-state index contributed by atoms with van der Waals surface area (Å²) in [7, 11) is 1.32. The second-order valence-corrected chi connectivity index (χ2v) is 5.98. The third kappa shape index (κ3) is 3.37. The van der Waals surface area contributed by atoms with Gasteiger partial charge in [-0.1, -0.05) is 12.8 Å². The van der Waals surface area contributed by atoms with E-state index in [1.165, 1.54) is 32.8 Å². The van der Waals surface area contributed by atoms with E-state index >= 15 is 0 Å². The molecule has 1 aromatic heterocycles. The van der Waals surface area contributed by atoms with Crippen molar-refractivity contribution in [2.45, 2.75) is 43.6 Å². The fraction of sp³-hybridized carbons (Fsp3) is 0.615. The lowest BCUT2D eigenvalue weighted by Gasteiger charge is -2.10. The number of carbonyl (C=O) groups is 1. The molecule has 0 saturated heterocycles. The number of esters is 1. The predicted octanol–water partition coefficient (Wildman–Crippen LogP) is 2.33. The standard InChI is InChI=1S/C13H19N3O2S/c1-8-11(13(17)18-2)12(14)16-10(15-8)7-19-9-5-3-4-6-9/h9H,3-7H2,1-2H3,(H2,14,15,16). The van der Waals surface area contributed by atoms with Gasteiger partial charge in [-0.25, -0.2) is 14.8 Å². The van der Waals surface area contributed by atoms with Gasteiger partial charge in [0.25, 0.3) is 0 Å². The Hall–Kier alpha value is -1.30. The molecule has 0 atom stereocenters. The summed E-state index contributed by atoms with van der Waals surface area (Å²) in [4.78, 5) is 20.1. The quantitative estimate of drug-likeness (QED) is 0.853. The number of nitrogens with two attached hydrogens (primary N) is 1. The van der Waals surface area contributed by atoms with Crippen LogP contribution in [0.2, 0.25) is 0 Å². The summed E-state index contributed by atoms with van der Waals surface area (Å²) < 4.78 is 4.67. The Bertz CT molecular complexity index is 450. The molecule has 0 aromatic carbocycles. The highest BCUT2D eigenvalue weighted by Gasteiger charge is 2.19. The van der Waals surface area contributed by atoms with Crippen LogP contribution in [0.3, 0.4) is 0 Å². The number of hydrogen-bond donors (Lipinski definition) is 1. The first kappa shape index (κ1) is 14.1. The van der Waals surface area contributed by atoms with Gasteiger partial charge in [-0.3, -0.25) is 0 Å². The molecule has 0 unspecified atom stereocenters. The van der Waals surface area contributed by atoms with Gasteiger partial charge in [0.15, 0.2) is 0 Å². The van der Waals surface area contributed by atoms with Crippen molar-refractivity contribution < 1.29 is 9.53 Å². The third-order valence-electron chi connectivity index (χ3n) is 3.30. The number of thioether (sulfide) groups is 1. The van der Waals surface area contributed by atoms with Crippen LogP contribution in [0, 0.1) is 6.92 Å². The second kappa shape index (κ2) is 6.23. The zero-order chi connectivity index (χ0) is 13.8. The number of aryl methyl sites for hydroxylation is 1. The first-order valence-corrected chi connectivity index (χ1v) is 7.49. The zero-order valence-electron chi connectivity index (χ0n) is 11.3. The topological polar surface area (TPSA) is 78.1 Å². The van der Waals surface area contributed by atoms with Crippen LogP contribution in [0.1, 0.15) is 47.6 Å². The minimum atomic E-state index is -0.481. The molecule has 1 aliphatic carbocycles. The number of hydrogen-bond acceptors (Lipinski definition) is 6. The molecule has 0 bridgehead atoms. The van der Waals surface area contributed by atoms with E-state index in [1.807, 2.05) is 11.8 Å². The lowest BCUT2D eigenvalue weighted by molar-refractivity contribution is 0.0600. The Kier molecular flexibility index (Phi) is 4.63. The summed E-state index contributed by atoms with van der Waals surface area (Å²) in [5.74, 6) is 1.17. The van der Waals surface area contributed by atoms with E-state index in [-0.39, 0.29) is 11.4 Å². The van der Waals surface area contributed by atoms with Gasteiger partial charge in [0.1, 0.15) is 17.2 Å². The van der Waals surface area contributed by atoms with Crippen molar-refractivity contribution in [2.24, 2.45) is 0 Å². The monoisotopic (exact) mass is 281 g/mol. The highest BCUT2D eigenvalue weighted by atomic mass is 32.2. The van der Waals surface area contributed by atoms with Crippen molar-refractivity contribution in [3.8, 4) is 0 Å². The number of nitrogens with zero attached hydrogens (tertiary/aromatic N) is 2. The SMILES string of the molecule is COC(=O)c1c(C)nc(CSC2CCCC2)nc1N. The van der Waals surface area contributed by atoms with Gasteiger partial charge in [0.05, 0.1) is 18.6 Å². The van der Waals surface area contributed by atoms with E-state index in [1.54, 1.807) is 6.92 Å². The van der Waals surface area contributed by atoms with Gasteiger partial charge in [0, 0.05) is 5.25 Å². The van der Waals surface area contributed by atoms with Crippen molar-refractivity contribution in [1.29, 1.82) is 0 Å². The first-order valence-electron chi connectivity index (χ1n) is 6.44. The molecule has 0 radical (unpaired) electrons. The van der Waals surface area contributed by atoms with E-state index in [9.17, 15) is 4.79 Å². The van der Waals surface area contributed by atoms with Crippen LogP contribution in [0.4, 0.5) is 5.82 Å². The van der Waals surface area contributed by atoms with Crippen molar-refractivity contribution >= 4 is 23.5 Å². The summed E-state index contributed by atoms with van der Waals surface area (Å²) in [6.45, 7) is 1.76. The molecule has 2 N–H and O–H groups in total. The smallest absolute Gasteiger partial charge is 0.343 e. The number of ether oxygens (including phenoxy) is 1. The maximum atomic E-state index is 11.5. The van der Waals surface area contributed by atoms with E-state index in [2.05, 4.69) is 14.7 Å². The Balaban J connectivity index is 2.08. The van der Waals surface area contributed by atoms with Crippen molar-refractivity contribution in [2.75, 3.05) is 12.8 Å². The molecule has 104 valence electrons. The van der Waals surface area contributed by atoms with Crippen LogP contribution in [0.15, 0.2) is 0 Å². The fourth-order valence-corrected chi connectivity index (χ4v) is 3.50. The summed E-state index contributed by atoms with van der Waals surface area (Å²) in [6.07, 6.45) is 5.20. The van der Waals surface area contributed by atoms with Crippen LogP contribution in [0.5, 0.6) is 0 Å². The number of anilines is 1. The molecule has 0 spiro atoms. The van der Waals surface area contributed by atoms with E-state index in [0.717, 1.165) is 5.75 Å². The molecule has 6 heteroatoms. The molecular formula is C13H19N3O2S. The zero-order valence-corrected chi connectivity index (χ0v) is 12.1. The van der Waals surface area contributed by atoms with Gasteiger partial charge in [0.2, 0.25) is 0 Å². The molecule has 0 amide bonds. The van der Waals surface area contributed by atoms with Crippen LogP contribution < -0.4 is 5.73 Å². The van der Waals surface area contributed by atoms with E-state index in [0.29, 0.717) is 16.8 Å². The predicted molar refractivity (Wildman–Crippen MR) is 76.1 cm³/mol. The average Bonchev–Trinajstić information content (AvgIpc) is 2.88. The van der Waals surface area contributed by atoms with Gasteiger partial charge < -0.3 is 10.5 Å². The molecule has 1 aromatic rings. The summed E-state index contributed by atoms with van der Waals surface area (Å²) in [5, 5.41) is 0.713. The maximum Gasteiger partial charge on any atom is 0.343 e. The number of carbonyl (C=O) groups excluding carboxylic acids is 1. The highest BCUT2D eigenvalue weighted by molar-refractivity contribution is 7.99. The Morgan fingerprint density at radius 2 is 2.11 bits per heavy atom. The summed E-state index contributed by atoms with van der Waals surface area (Å²) in [5.41, 5.74) is 6.68. The van der Waals surface area contributed by atoms with E-state index < -0.39 is 5.97 Å². The van der Waals surface area contributed by atoms with Crippen molar-refractivity contribution in [3.63, 3.8) is 0 Å². The first-order chi connectivity index (χ1) is 9.11. The van der Waals surface area contributed by atoms with Crippen LogP contribution >= 0.6 is 11.8 Å². The minimum absolute atomic E-state index is 0.210. The van der Waals surface area contributed by atoms with Crippen molar-refractivity contribution in [3.05, 3.63) is 17.1 Å². The number of nitrogen functional groups attached to an aromatic ring is 1. The Morgan fingerprint density at radius 1 is 1.42 bits per heavy atom. The Labute approximate surface area is 117 Å². The van der Waals surface area contributed by atoms with Gasteiger partial charge >= 0.3 is 5.97 Å². The fourth-order valence-electron chi connectivity index (χ4n) is 2.32. The number of methoxy groups -OCH3 is 1. The van der Waals surface area contributed by atoms with E-state index in [4.69, 9.17) is 5.73 Å². The third-order valence-corrected chi connectivity index (χ3v) is 4.67. The largest absolute Gasteiger partial charge is 0.465 e. The van der Waals surface area contributed by atoms with Gasteiger partial charge in [-0.05, 0) is 19.8 Å². The molecule has 1 fully saturated rings. The molecule has 2 rings (SSSR count). The Morgan fingerprint density at radius 3 is 2.68 bits per heavy atom. The molecular weight excluding hydrogens is 262 g/mol.